The molecule has 2 heterocycles. The Balaban J connectivity index is 1.70. The lowest BCUT2D eigenvalue weighted by Crippen LogP contribution is -2.26. The van der Waals surface area contributed by atoms with Gasteiger partial charge in [-0.15, -0.1) is 0 Å². The minimum absolute atomic E-state index is 0.148. The van der Waals surface area contributed by atoms with Crippen LogP contribution in [-0.4, -0.2) is 26.3 Å². The molecule has 1 aromatic carbocycles. The molecule has 0 aliphatic heterocycles. The number of halogens is 1. The second kappa shape index (κ2) is 9.41. The second-order valence-corrected chi connectivity index (χ2v) is 8.01. The van der Waals surface area contributed by atoms with Crippen LogP contribution in [0.3, 0.4) is 0 Å². The third-order valence-corrected chi connectivity index (χ3v) is 5.69. The molecule has 7 nitrogen and oxygen atoms in total. The van der Waals surface area contributed by atoms with Crippen LogP contribution in [0.5, 0.6) is 5.75 Å². The van der Waals surface area contributed by atoms with E-state index < -0.39 is 0 Å². The summed E-state index contributed by atoms with van der Waals surface area (Å²) < 4.78 is 26.1. The van der Waals surface area contributed by atoms with Crippen LogP contribution >= 0.6 is 0 Å². The summed E-state index contributed by atoms with van der Waals surface area (Å²) in [5.41, 5.74) is 0.928. The summed E-state index contributed by atoms with van der Waals surface area (Å²) in [5, 5.41) is 4.04. The Morgan fingerprint density at radius 3 is 2.65 bits per heavy atom. The van der Waals surface area contributed by atoms with E-state index in [0.29, 0.717) is 24.5 Å². The molecule has 1 saturated carbocycles. The maximum atomic E-state index is 13.2. The molecule has 1 fully saturated rings. The monoisotopic (exact) mass is 426 g/mol. The van der Waals surface area contributed by atoms with Gasteiger partial charge in [0.15, 0.2) is 11.5 Å². The van der Waals surface area contributed by atoms with Crippen LogP contribution in [0.25, 0.3) is 11.6 Å². The Morgan fingerprint density at radius 2 is 1.94 bits per heavy atom. The molecule has 2 aromatic heterocycles. The predicted octanol–water partition coefficient (Wildman–Crippen LogP) is 4.40. The maximum Gasteiger partial charge on any atom is 0.296 e. The van der Waals surface area contributed by atoms with Crippen LogP contribution in [0.1, 0.15) is 68.6 Å². The maximum absolute atomic E-state index is 13.2. The van der Waals surface area contributed by atoms with E-state index in [1.807, 2.05) is 0 Å². The van der Waals surface area contributed by atoms with Crippen molar-refractivity contribution < 1.29 is 13.7 Å². The molecule has 0 bridgehead atoms. The fourth-order valence-electron chi connectivity index (χ4n) is 3.95. The van der Waals surface area contributed by atoms with Gasteiger partial charge in [-0.1, -0.05) is 43.5 Å². The summed E-state index contributed by atoms with van der Waals surface area (Å²) in [7, 11) is 1.74. The zero-order valence-corrected chi connectivity index (χ0v) is 17.9. The number of hydrogen-bond donors (Lipinski definition) is 0. The number of unbranched alkanes of at least 4 members (excludes halogenated alkanes) is 1. The number of rotatable bonds is 8. The molecule has 0 atom stereocenters. The van der Waals surface area contributed by atoms with Crippen molar-refractivity contribution in [2.45, 2.75) is 57.8 Å². The van der Waals surface area contributed by atoms with Gasteiger partial charge in [-0.05, 0) is 37.0 Å². The predicted molar refractivity (Wildman–Crippen MR) is 114 cm³/mol. The minimum atomic E-state index is -0.296. The number of aromatic nitrogens is 4. The Bertz CT molecular complexity index is 1090. The highest BCUT2D eigenvalue weighted by Crippen LogP contribution is 2.34. The Labute approximate surface area is 180 Å². The van der Waals surface area contributed by atoms with Crippen LogP contribution in [0.4, 0.5) is 4.39 Å². The van der Waals surface area contributed by atoms with Crippen LogP contribution in [0.15, 0.2) is 33.6 Å². The van der Waals surface area contributed by atoms with E-state index in [0.717, 1.165) is 49.9 Å². The average Bonchev–Trinajstić information content (AvgIpc) is 3.46. The van der Waals surface area contributed by atoms with Crippen molar-refractivity contribution in [1.82, 2.24) is 19.7 Å². The highest BCUT2D eigenvalue weighted by atomic mass is 19.1. The molecule has 3 aromatic rings. The quantitative estimate of drug-likeness (QED) is 0.497. The van der Waals surface area contributed by atoms with E-state index in [1.54, 1.807) is 23.7 Å². The molecule has 31 heavy (non-hydrogen) atoms. The molecule has 1 aliphatic rings. The fourth-order valence-corrected chi connectivity index (χ4v) is 3.95. The van der Waals surface area contributed by atoms with Crippen molar-refractivity contribution in [3.63, 3.8) is 0 Å². The minimum Gasteiger partial charge on any atom is -0.486 e. The molecule has 164 valence electrons. The molecule has 0 N–H and O–H groups in total. The van der Waals surface area contributed by atoms with Crippen LogP contribution < -0.4 is 10.3 Å². The number of benzene rings is 1. The van der Waals surface area contributed by atoms with Gasteiger partial charge >= 0.3 is 0 Å². The standard InChI is InChI=1S/C23H27FN4O3/c1-3-4-13-30-20-19(26-21(28(2)23(20)29)16-7-5-6-8-16)22-25-18(27-31-22)14-15-9-11-17(24)12-10-15/h9-12,16H,3-8,13-14H2,1-2H3. The van der Waals surface area contributed by atoms with Gasteiger partial charge in [-0.2, -0.15) is 4.98 Å². The first kappa shape index (κ1) is 21.2. The van der Waals surface area contributed by atoms with E-state index in [-0.39, 0.29) is 28.9 Å². The lowest BCUT2D eigenvalue weighted by Gasteiger charge is -2.16. The zero-order chi connectivity index (χ0) is 21.8. The third-order valence-electron chi connectivity index (χ3n) is 5.69. The van der Waals surface area contributed by atoms with E-state index in [1.165, 1.54) is 12.1 Å². The van der Waals surface area contributed by atoms with E-state index in [9.17, 15) is 9.18 Å². The van der Waals surface area contributed by atoms with Gasteiger partial charge in [0.25, 0.3) is 11.4 Å². The first-order valence-electron chi connectivity index (χ1n) is 10.9. The lowest BCUT2D eigenvalue weighted by atomic mass is 10.1. The summed E-state index contributed by atoms with van der Waals surface area (Å²) >= 11 is 0. The van der Waals surface area contributed by atoms with Gasteiger partial charge in [0, 0.05) is 19.4 Å². The summed E-state index contributed by atoms with van der Waals surface area (Å²) in [4.78, 5) is 22.4. The normalized spacial score (nSPS) is 14.3. The SMILES string of the molecule is CCCCOc1c(-c2nc(Cc3ccc(F)cc3)no2)nc(C2CCCC2)n(C)c1=O. The first-order chi connectivity index (χ1) is 15.1. The molecule has 1 aliphatic carbocycles. The third kappa shape index (κ3) is 4.68. The molecule has 0 amide bonds. The van der Waals surface area contributed by atoms with Crippen molar-refractivity contribution in [2.75, 3.05) is 6.61 Å². The molecule has 4 rings (SSSR count). The Kier molecular flexibility index (Phi) is 6.44. The topological polar surface area (TPSA) is 83.0 Å². The average molecular weight is 426 g/mol. The van der Waals surface area contributed by atoms with Crippen LogP contribution in [0, 0.1) is 5.82 Å². The Morgan fingerprint density at radius 1 is 1.19 bits per heavy atom. The first-order valence-corrected chi connectivity index (χ1v) is 10.9. The van der Waals surface area contributed by atoms with Crippen molar-refractivity contribution in [1.29, 1.82) is 0 Å². The van der Waals surface area contributed by atoms with Crippen molar-refractivity contribution in [2.24, 2.45) is 7.05 Å². The smallest absolute Gasteiger partial charge is 0.296 e. The van der Waals surface area contributed by atoms with Crippen LogP contribution in [-0.2, 0) is 13.5 Å². The summed E-state index contributed by atoms with van der Waals surface area (Å²) in [6.45, 7) is 2.48. The fraction of sp³-hybridized carbons (Fsp3) is 0.478. The number of hydrogen-bond acceptors (Lipinski definition) is 6. The number of nitrogens with zero attached hydrogens (tertiary/aromatic N) is 4. The highest BCUT2D eigenvalue weighted by molar-refractivity contribution is 5.56. The van der Waals surface area contributed by atoms with E-state index in [2.05, 4.69) is 17.1 Å². The largest absolute Gasteiger partial charge is 0.486 e. The zero-order valence-electron chi connectivity index (χ0n) is 17.9. The molecule has 8 heteroatoms. The molecule has 0 radical (unpaired) electrons. The molecule has 0 spiro atoms. The van der Waals surface area contributed by atoms with Crippen LogP contribution in [0.2, 0.25) is 0 Å². The molecule has 0 saturated heterocycles. The summed E-state index contributed by atoms with van der Waals surface area (Å²) in [6.07, 6.45) is 6.44. The molecule has 0 unspecified atom stereocenters. The van der Waals surface area contributed by atoms with Gasteiger partial charge in [0.2, 0.25) is 5.75 Å². The van der Waals surface area contributed by atoms with Crippen molar-refractivity contribution in [3.05, 3.63) is 57.6 Å². The lowest BCUT2D eigenvalue weighted by molar-refractivity contribution is 0.300. The van der Waals surface area contributed by atoms with Gasteiger partial charge < -0.3 is 9.26 Å². The van der Waals surface area contributed by atoms with Gasteiger partial charge in [0.05, 0.1) is 6.61 Å². The van der Waals surface area contributed by atoms with Crippen molar-refractivity contribution >= 4 is 0 Å². The molecular weight excluding hydrogens is 399 g/mol. The summed E-state index contributed by atoms with van der Waals surface area (Å²) in [5.74, 6) is 1.43. The summed E-state index contributed by atoms with van der Waals surface area (Å²) in [6, 6.07) is 6.15. The van der Waals surface area contributed by atoms with E-state index >= 15 is 0 Å². The Hall–Kier alpha value is -3.03. The second-order valence-electron chi connectivity index (χ2n) is 8.01. The molecular formula is C23H27FN4O3. The van der Waals surface area contributed by atoms with E-state index in [4.69, 9.17) is 14.2 Å². The van der Waals surface area contributed by atoms with Gasteiger partial charge in [-0.3, -0.25) is 9.36 Å². The van der Waals surface area contributed by atoms with Crippen molar-refractivity contribution in [3.8, 4) is 17.3 Å². The van der Waals surface area contributed by atoms with Gasteiger partial charge in [-0.25, -0.2) is 9.37 Å². The van der Waals surface area contributed by atoms with Gasteiger partial charge in [0.1, 0.15) is 11.6 Å². The highest BCUT2D eigenvalue weighted by Gasteiger charge is 2.27. The number of ether oxygens (including phenoxy) is 1.